The Morgan fingerprint density at radius 2 is 1.76 bits per heavy atom. The van der Waals surface area contributed by atoms with Crippen LogP contribution in [0.4, 0.5) is 0 Å². The number of rotatable bonds is 6. The van der Waals surface area contributed by atoms with Crippen LogP contribution in [0.3, 0.4) is 0 Å². The van der Waals surface area contributed by atoms with E-state index in [2.05, 4.69) is 41.7 Å². The van der Waals surface area contributed by atoms with E-state index in [0.717, 1.165) is 19.5 Å². The fraction of sp³-hybridized carbons (Fsp3) is 0.929. The molecule has 0 amide bonds. The molecule has 98 valence electrons. The molecule has 0 saturated heterocycles. The van der Waals surface area contributed by atoms with E-state index in [1.807, 2.05) is 0 Å². The minimum Gasteiger partial charge on any atom is -0.282 e. The zero-order chi connectivity index (χ0) is 12.5. The quantitative estimate of drug-likeness (QED) is 0.649. The molecule has 0 heterocycles. The average Bonchev–Trinajstić information content (AvgIpc) is 2.39. The average molecular weight is 237 g/mol. The van der Waals surface area contributed by atoms with E-state index in [-0.39, 0.29) is 6.17 Å². The topological polar surface area (TPSA) is 28.0 Å². The summed E-state index contributed by atoms with van der Waals surface area (Å²) in [5.74, 6) is 0. The Labute approximate surface area is 106 Å². The van der Waals surface area contributed by atoms with Crippen LogP contribution in [-0.4, -0.2) is 36.2 Å². The Morgan fingerprint density at radius 1 is 1.12 bits per heavy atom. The van der Waals surface area contributed by atoms with Gasteiger partial charge in [0.15, 0.2) is 0 Å². The van der Waals surface area contributed by atoms with Crippen LogP contribution >= 0.6 is 0 Å². The lowest BCUT2D eigenvalue weighted by Crippen LogP contribution is -2.32. The number of aliphatic imine (C=N–C) groups is 2. The van der Waals surface area contributed by atoms with Crippen molar-refractivity contribution in [2.24, 2.45) is 9.98 Å². The third kappa shape index (κ3) is 5.01. The molecule has 0 radical (unpaired) electrons. The van der Waals surface area contributed by atoms with E-state index in [1.54, 1.807) is 0 Å². The van der Waals surface area contributed by atoms with Crippen LogP contribution in [0.5, 0.6) is 0 Å². The summed E-state index contributed by atoms with van der Waals surface area (Å²) >= 11 is 0. The molecule has 3 heteroatoms. The van der Waals surface area contributed by atoms with Crippen molar-refractivity contribution in [2.45, 2.75) is 71.5 Å². The molecule has 0 N–H and O–H groups in total. The van der Waals surface area contributed by atoms with Crippen LogP contribution in [-0.2, 0) is 0 Å². The summed E-state index contributed by atoms with van der Waals surface area (Å²) in [7, 11) is 0. The van der Waals surface area contributed by atoms with Crippen LogP contribution in [0.15, 0.2) is 9.98 Å². The van der Waals surface area contributed by atoms with Gasteiger partial charge in [-0.05, 0) is 32.4 Å². The number of hydrogen-bond donors (Lipinski definition) is 0. The predicted octanol–water partition coefficient (Wildman–Crippen LogP) is 3.57. The van der Waals surface area contributed by atoms with Gasteiger partial charge in [-0.1, -0.05) is 40.0 Å². The Balaban J connectivity index is 2.50. The molecular weight excluding hydrogens is 210 g/mol. The van der Waals surface area contributed by atoms with E-state index in [0.29, 0.717) is 6.04 Å². The molecule has 1 aliphatic rings. The Hall–Kier alpha value is -0.660. The zero-order valence-electron chi connectivity index (χ0n) is 11.7. The Bertz CT molecular complexity index is 246. The molecule has 1 atom stereocenters. The molecule has 0 aromatic rings. The van der Waals surface area contributed by atoms with Gasteiger partial charge in [-0.2, -0.15) is 0 Å². The van der Waals surface area contributed by atoms with Gasteiger partial charge in [0, 0.05) is 0 Å². The molecule has 1 rings (SSSR count). The third-order valence-electron chi connectivity index (χ3n) is 3.62. The summed E-state index contributed by atoms with van der Waals surface area (Å²) in [6.07, 6.45) is 7.77. The molecule has 0 spiro atoms. The minimum absolute atomic E-state index is 0.261. The highest BCUT2D eigenvalue weighted by atomic mass is 15.2. The third-order valence-corrected chi connectivity index (χ3v) is 3.62. The summed E-state index contributed by atoms with van der Waals surface area (Å²) in [6, 6.07) is 3.45. The van der Waals surface area contributed by atoms with Crippen molar-refractivity contribution < 1.29 is 0 Å². The molecule has 0 bridgehead atoms. The van der Waals surface area contributed by atoms with Crippen molar-refractivity contribution >= 4 is 6.01 Å². The van der Waals surface area contributed by atoms with Crippen molar-refractivity contribution in [3.05, 3.63) is 0 Å². The van der Waals surface area contributed by atoms with Crippen molar-refractivity contribution in [3.8, 4) is 0 Å². The maximum Gasteiger partial charge on any atom is 0.113 e. The van der Waals surface area contributed by atoms with E-state index in [4.69, 9.17) is 0 Å². The van der Waals surface area contributed by atoms with Crippen LogP contribution in [0.2, 0.25) is 0 Å². The lowest BCUT2D eigenvalue weighted by Gasteiger charge is -2.24. The van der Waals surface area contributed by atoms with Crippen LogP contribution in [0.1, 0.15) is 59.3 Å². The standard InChI is InChI=1S/C14H27N3/c1-4-14(17(5-2)6-3)16-12-15-13-10-8-7-9-11-13/h13-14H,4-11H2,1-3H3. The second-order valence-corrected chi connectivity index (χ2v) is 4.76. The van der Waals surface area contributed by atoms with Crippen molar-refractivity contribution in [1.82, 2.24) is 4.90 Å². The molecule has 17 heavy (non-hydrogen) atoms. The van der Waals surface area contributed by atoms with Gasteiger partial charge in [-0.15, -0.1) is 0 Å². The van der Waals surface area contributed by atoms with Gasteiger partial charge < -0.3 is 0 Å². The molecule has 1 aliphatic carbocycles. The second kappa shape index (κ2) is 8.43. The second-order valence-electron chi connectivity index (χ2n) is 4.76. The zero-order valence-corrected chi connectivity index (χ0v) is 11.7. The molecule has 0 aliphatic heterocycles. The van der Waals surface area contributed by atoms with Gasteiger partial charge in [-0.3, -0.25) is 4.90 Å². The van der Waals surface area contributed by atoms with Crippen molar-refractivity contribution in [1.29, 1.82) is 0 Å². The normalized spacial score (nSPS) is 18.8. The largest absolute Gasteiger partial charge is 0.282 e. The molecule has 1 saturated carbocycles. The van der Waals surface area contributed by atoms with Crippen molar-refractivity contribution in [3.63, 3.8) is 0 Å². The van der Waals surface area contributed by atoms with Gasteiger partial charge in [0.25, 0.3) is 0 Å². The summed E-state index contributed by atoms with van der Waals surface area (Å²) in [5, 5.41) is 0. The van der Waals surface area contributed by atoms with Gasteiger partial charge in [0.2, 0.25) is 0 Å². The Morgan fingerprint density at radius 3 is 2.29 bits per heavy atom. The summed E-state index contributed by atoms with van der Waals surface area (Å²) in [6.45, 7) is 8.63. The fourth-order valence-electron chi connectivity index (χ4n) is 2.47. The first-order valence-corrected chi connectivity index (χ1v) is 7.20. The van der Waals surface area contributed by atoms with Gasteiger partial charge >= 0.3 is 0 Å². The molecule has 0 aromatic carbocycles. The maximum absolute atomic E-state index is 4.49. The first-order chi connectivity index (χ1) is 8.31. The first-order valence-electron chi connectivity index (χ1n) is 7.20. The van der Waals surface area contributed by atoms with Gasteiger partial charge in [-0.25, -0.2) is 9.98 Å². The highest BCUT2D eigenvalue weighted by Crippen LogP contribution is 2.19. The summed E-state index contributed by atoms with van der Waals surface area (Å²) < 4.78 is 0. The summed E-state index contributed by atoms with van der Waals surface area (Å²) in [4.78, 5) is 11.3. The first kappa shape index (κ1) is 14.4. The van der Waals surface area contributed by atoms with Crippen molar-refractivity contribution in [2.75, 3.05) is 13.1 Å². The lowest BCUT2D eigenvalue weighted by atomic mass is 9.96. The predicted molar refractivity (Wildman–Crippen MR) is 73.7 cm³/mol. The van der Waals surface area contributed by atoms with Crippen LogP contribution in [0, 0.1) is 0 Å². The highest BCUT2D eigenvalue weighted by Gasteiger charge is 2.12. The molecular formula is C14H27N3. The smallest absolute Gasteiger partial charge is 0.113 e. The van der Waals surface area contributed by atoms with Gasteiger partial charge in [0.05, 0.1) is 12.1 Å². The van der Waals surface area contributed by atoms with E-state index in [1.165, 1.54) is 32.1 Å². The molecule has 3 nitrogen and oxygen atoms in total. The fourth-order valence-corrected chi connectivity index (χ4v) is 2.47. The molecule has 0 aromatic heterocycles. The van der Waals surface area contributed by atoms with E-state index in [9.17, 15) is 0 Å². The van der Waals surface area contributed by atoms with Crippen LogP contribution < -0.4 is 0 Å². The SMILES string of the molecule is CCC(N=C=NC1CCCCC1)N(CC)CC. The van der Waals surface area contributed by atoms with E-state index < -0.39 is 0 Å². The minimum atomic E-state index is 0.261. The molecule has 1 unspecified atom stereocenters. The maximum atomic E-state index is 4.49. The number of nitrogens with zero attached hydrogens (tertiary/aromatic N) is 3. The number of hydrogen-bond acceptors (Lipinski definition) is 3. The Kier molecular flexibility index (Phi) is 7.14. The summed E-state index contributed by atoms with van der Waals surface area (Å²) in [5.41, 5.74) is 0. The lowest BCUT2D eigenvalue weighted by molar-refractivity contribution is 0.218. The highest BCUT2D eigenvalue weighted by molar-refractivity contribution is 5.42. The molecule has 1 fully saturated rings. The van der Waals surface area contributed by atoms with Gasteiger partial charge in [0.1, 0.15) is 6.17 Å². The monoisotopic (exact) mass is 237 g/mol. The van der Waals surface area contributed by atoms with E-state index >= 15 is 0 Å². The van der Waals surface area contributed by atoms with Crippen LogP contribution in [0.25, 0.3) is 0 Å².